The smallest absolute Gasteiger partial charge is 0.270 e. The van der Waals surface area contributed by atoms with Crippen LogP contribution in [0.4, 0.5) is 11.4 Å². The maximum Gasteiger partial charge on any atom is 0.270 e. The predicted octanol–water partition coefficient (Wildman–Crippen LogP) is 3.09. The van der Waals surface area contributed by atoms with Gasteiger partial charge in [-0.05, 0) is 17.7 Å². The molecule has 2 aromatic rings. The number of hydrogen-bond acceptors (Lipinski definition) is 3. The highest BCUT2D eigenvalue weighted by molar-refractivity contribution is 6.34. The minimum Gasteiger partial charge on any atom is -0.321 e. The first-order chi connectivity index (χ1) is 9.65. The topological polar surface area (TPSA) is 72.2 Å². The van der Waals surface area contributed by atoms with Crippen LogP contribution in [-0.2, 0) is 4.79 Å². The van der Waals surface area contributed by atoms with Crippen molar-refractivity contribution in [1.29, 1.82) is 0 Å². The first-order valence-electron chi connectivity index (χ1n) is 6.02. The minimum atomic E-state index is -0.454. The maximum absolute atomic E-state index is 11.9. The molecule has 1 N–H and O–H groups in total. The molecule has 98 valence electrons. The fraction of sp³-hybridized carbons (Fsp3) is 0. The second kappa shape index (κ2) is 4.62. The van der Waals surface area contributed by atoms with Crippen molar-refractivity contribution < 1.29 is 9.72 Å². The monoisotopic (exact) mass is 266 g/mol. The summed E-state index contributed by atoms with van der Waals surface area (Å²) < 4.78 is 0. The van der Waals surface area contributed by atoms with Gasteiger partial charge in [0.25, 0.3) is 11.6 Å². The van der Waals surface area contributed by atoms with Crippen molar-refractivity contribution in [3.8, 4) is 0 Å². The summed E-state index contributed by atoms with van der Waals surface area (Å²) in [5.74, 6) is -0.197. The van der Waals surface area contributed by atoms with Gasteiger partial charge in [-0.2, -0.15) is 0 Å². The van der Waals surface area contributed by atoms with Crippen molar-refractivity contribution in [2.75, 3.05) is 5.32 Å². The van der Waals surface area contributed by atoms with Gasteiger partial charge in [-0.25, -0.2) is 0 Å². The van der Waals surface area contributed by atoms with E-state index in [1.807, 2.05) is 24.3 Å². The van der Waals surface area contributed by atoms with Crippen molar-refractivity contribution in [1.82, 2.24) is 0 Å². The largest absolute Gasteiger partial charge is 0.321 e. The van der Waals surface area contributed by atoms with Crippen molar-refractivity contribution in [3.05, 3.63) is 69.8 Å². The minimum absolute atomic E-state index is 0.00559. The molecule has 0 unspecified atom stereocenters. The van der Waals surface area contributed by atoms with Gasteiger partial charge in [0.2, 0.25) is 0 Å². The van der Waals surface area contributed by atoms with Crippen molar-refractivity contribution in [3.63, 3.8) is 0 Å². The third kappa shape index (κ3) is 2.05. The van der Waals surface area contributed by atoms with Crippen LogP contribution < -0.4 is 5.32 Å². The van der Waals surface area contributed by atoms with E-state index in [1.165, 1.54) is 12.1 Å². The summed E-state index contributed by atoms with van der Waals surface area (Å²) in [7, 11) is 0. The number of nitro benzene ring substituents is 1. The molecule has 0 saturated heterocycles. The fourth-order valence-electron chi connectivity index (χ4n) is 2.18. The van der Waals surface area contributed by atoms with Crippen molar-refractivity contribution in [2.45, 2.75) is 0 Å². The van der Waals surface area contributed by atoms with E-state index < -0.39 is 4.92 Å². The van der Waals surface area contributed by atoms with Gasteiger partial charge in [0.1, 0.15) is 0 Å². The molecule has 0 aliphatic carbocycles. The Hall–Kier alpha value is -2.95. The SMILES string of the molecule is O=C1Nc2ccccc2C1=Cc1cccc([N+](=O)[O-])c1. The molecular formula is C15H10N2O3. The van der Waals surface area contributed by atoms with Gasteiger partial charge >= 0.3 is 0 Å². The number of anilines is 1. The van der Waals surface area contributed by atoms with E-state index in [0.29, 0.717) is 11.1 Å². The molecule has 0 saturated carbocycles. The Morgan fingerprint density at radius 2 is 1.90 bits per heavy atom. The van der Waals surface area contributed by atoms with Gasteiger partial charge in [-0.1, -0.05) is 30.3 Å². The number of nitrogens with one attached hydrogen (secondary N) is 1. The van der Waals surface area contributed by atoms with E-state index >= 15 is 0 Å². The molecule has 20 heavy (non-hydrogen) atoms. The Morgan fingerprint density at radius 1 is 1.10 bits per heavy atom. The zero-order valence-corrected chi connectivity index (χ0v) is 10.4. The molecule has 1 aliphatic rings. The molecule has 0 bridgehead atoms. The molecule has 0 aromatic heterocycles. The Morgan fingerprint density at radius 3 is 2.70 bits per heavy atom. The van der Waals surface area contributed by atoms with Crippen LogP contribution in [0.3, 0.4) is 0 Å². The van der Waals surface area contributed by atoms with Gasteiger partial charge in [0.15, 0.2) is 0 Å². The Balaban J connectivity index is 2.07. The van der Waals surface area contributed by atoms with Crippen LogP contribution in [-0.4, -0.2) is 10.8 Å². The molecule has 0 fully saturated rings. The summed E-state index contributed by atoms with van der Waals surface area (Å²) in [6, 6.07) is 13.6. The van der Waals surface area contributed by atoms with E-state index in [9.17, 15) is 14.9 Å². The number of fused-ring (bicyclic) bond motifs is 1. The molecule has 1 heterocycles. The van der Waals surface area contributed by atoms with Gasteiger partial charge in [0, 0.05) is 29.0 Å². The molecule has 1 amide bonds. The van der Waals surface area contributed by atoms with Crippen LogP contribution in [0.1, 0.15) is 11.1 Å². The summed E-state index contributed by atoms with van der Waals surface area (Å²) in [6.45, 7) is 0. The molecule has 0 atom stereocenters. The number of carbonyl (C=O) groups excluding carboxylic acids is 1. The number of carbonyl (C=O) groups is 1. The number of hydrogen-bond donors (Lipinski definition) is 1. The highest BCUT2D eigenvalue weighted by atomic mass is 16.6. The first-order valence-corrected chi connectivity index (χ1v) is 6.02. The lowest BCUT2D eigenvalue weighted by molar-refractivity contribution is -0.384. The quantitative estimate of drug-likeness (QED) is 0.515. The summed E-state index contributed by atoms with van der Waals surface area (Å²) in [4.78, 5) is 22.2. The second-order valence-corrected chi connectivity index (χ2v) is 4.41. The molecular weight excluding hydrogens is 256 g/mol. The number of non-ortho nitro benzene ring substituents is 1. The lowest BCUT2D eigenvalue weighted by atomic mass is 10.0. The Labute approximate surface area is 114 Å². The van der Waals surface area contributed by atoms with Gasteiger partial charge in [-0.15, -0.1) is 0 Å². The number of para-hydroxylation sites is 1. The highest BCUT2D eigenvalue weighted by Crippen LogP contribution is 2.32. The number of rotatable bonds is 2. The third-order valence-electron chi connectivity index (χ3n) is 3.10. The van der Waals surface area contributed by atoms with E-state index in [4.69, 9.17) is 0 Å². The zero-order valence-electron chi connectivity index (χ0n) is 10.4. The highest BCUT2D eigenvalue weighted by Gasteiger charge is 2.23. The van der Waals surface area contributed by atoms with E-state index in [0.717, 1.165) is 11.3 Å². The number of amides is 1. The summed E-state index contributed by atoms with van der Waals surface area (Å²) in [5, 5.41) is 13.5. The van der Waals surface area contributed by atoms with Crippen LogP contribution >= 0.6 is 0 Å². The Kier molecular flexibility index (Phi) is 2.80. The average molecular weight is 266 g/mol. The zero-order chi connectivity index (χ0) is 14.1. The standard InChI is InChI=1S/C15H10N2O3/c18-15-13(12-6-1-2-7-14(12)16-15)9-10-4-3-5-11(8-10)17(19)20/h1-9H,(H,16,18). The van der Waals surface area contributed by atoms with Crippen LogP contribution in [0, 0.1) is 10.1 Å². The molecule has 0 spiro atoms. The second-order valence-electron chi connectivity index (χ2n) is 4.41. The predicted molar refractivity (Wildman–Crippen MR) is 76.0 cm³/mol. The molecule has 2 aromatic carbocycles. The summed E-state index contributed by atoms with van der Waals surface area (Å²) in [5.41, 5.74) is 2.71. The lowest BCUT2D eigenvalue weighted by Gasteiger charge is -1.98. The molecule has 5 nitrogen and oxygen atoms in total. The van der Waals surface area contributed by atoms with Crippen LogP contribution in [0.25, 0.3) is 11.6 Å². The molecule has 5 heteroatoms. The van der Waals surface area contributed by atoms with E-state index in [-0.39, 0.29) is 11.6 Å². The molecule has 1 aliphatic heterocycles. The van der Waals surface area contributed by atoms with Gasteiger partial charge < -0.3 is 5.32 Å². The van der Waals surface area contributed by atoms with Crippen LogP contribution in [0.15, 0.2) is 48.5 Å². The van der Waals surface area contributed by atoms with Crippen molar-refractivity contribution in [2.24, 2.45) is 0 Å². The first kappa shape index (κ1) is 12.1. The third-order valence-corrected chi connectivity index (χ3v) is 3.10. The van der Waals surface area contributed by atoms with Crippen LogP contribution in [0.5, 0.6) is 0 Å². The maximum atomic E-state index is 11.9. The van der Waals surface area contributed by atoms with Gasteiger partial charge in [0.05, 0.1) is 4.92 Å². The number of nitro groups is 1. The van der Waals surface area contributed by atoms with Gasteiger partial charge in [-0.3, -0.25) is 14.9 Å². The van der Waals surface area contributed by atoms with Crippen molar-refractivity contribution >= 4 is 28.9 Å². The normalized spacial score (nSPS) is 15.0. The Bertz CT molecular complexity index is 750. The number of nitrogens with zero attached hydrogens (tertiary/aromatic N) is 1. The van der Waals surface area contributed by atoms with Crippen LogP contribution in [0.2, 0.25) is 0 Å². The molecule has 3 rings (SSSR count). The van der Waals surface area contributed by atoms with E-state index in [1.54, 1.807) is 18.2 Å². The fourth-order valence-corrected chi connectivity index (χ4v) is 2.18. The lowest BCUT2D eigenvalue weighted by Crippen LogP contribution is -2.03. The summed E-state index contributed by atoms with van der Waals surface area (Å²) >= 11 is 0. The van der Waals surface area contributed by atoms with E-state index in [2.05, 4.69) is 5.32 Å². The summed E-state index contributed by atoms with van der Waals surface area (Å²) in [6.07, 6.45) is 1.66. The average Bonchev–Trinajstić information content (AvgIpc) is 2.76. The molecule has 0 radical (unpaired) electrons. The number of benzene rings is 2.